The molecule has 0 aliphatic heterocycles. The first kappa shape index (κ1) is 14.4. The van der Waals surface area contributed by atoms with E-state index in [1.54, 1.807) is 12.5 Å². The molecule has 0 bridgehead atoms. The number of hydrogen-bond donors (Lipinski definition) is 1. The zero-order chi connectivity index (χ0) is 15.5. The highest BCUT2D eigenvalue weighted by molar-refractivity contribution is 5.80. The van der Waals surface area contributed by atoms with Gasteiger partial charge in [0.05, 0.1) is 6.10 Å². The number of fused-ring (bicyclic) bond motifs is 5. The summed E-state index contributed by atoms with van der Waals surface area (Å²) < 4.78 is 0. The normalized spacial score (nSPS) is 36.4. The molecule has 1 fully saturated rings. The van der Waals surface area contributed by atoms with Crippen LogP contribution in [-0.2, 0) is 24.1 Å². The van der Waals surface area contributed by atoms with E-state index in [0.29, 0.717) is 11.7 Å². The summed E-state index contributed by atoms with van der Waals surface area (Å²) in [5.74, 6) is 1.19. The van der Waals surface area contributed by atoms with Crippen molar-refractivity contribution in [2.45, 2.75) is 70.8 Å². The average Bonchev–Trinajstić information content (AvgIpc) is 2.84. The van der Waals surface area contributed by atoms with Crippen molar-refractivity contribution in [2.24, 2.45) is 11.3 Å². The number of aliphatic hydroxyl groups is 1. The Morgan fingerprint density at radius 2 is 2.00 bits per heavy atom. The molecule has 22 heavy (non-hydrogen) atoms. The summed E-state index contributed by atoms with van der Waals surface area (Å²) in [6, 6.07) is 4.57. The van der Waals surface area contributed by atoms with E-state index in [-0.39, 0.29) is 17.4 Å². The van der Waals surface area contributed by atoms with E-state index < -0.39 is 0 Å². The van der Waals surface area contributed by atoms with E-state index in [0.717, 1.165) is 44.9 Å². The molecule has 0 spiro atoms. The molecule has 4 atom stereocenters. The molecule has 118 valence electrons. The van der Waals surface area contributed by atoms with Crippen LogP contribution in [0.3, 0.4) is 0 Å². The Hall–Kier alpha value is -1.15. The second kappa shape index (κ2) is 4.92. The minimum Gasteiger partial charge on any atom is -0.393 e. The Morgan fingerprint density at radius 1 is 1.18 bits per heavy atom. The number of ketones is 1. The van der Waals surface area contributed by atoms with Crippen molar-refractivity contribution < 1.29 is 9.90 Å². The smallest absolute Gasteiger partial charge is 0.133 e. The predicted molar refractivity (Wildman–Crippen MR) is 87.0 cm³/mol. The van der Waals surface area contributed by atoms with E-state index >= 15 is 0 Å². The van der Waals surface area contributed by atoms with Crippen LogP contribution in [0.1, 0.15) is 67.7 Å². The molecule has 3 aliphatic carbocycles. The van der Waals surface area contributed by atoms with Crippen LogP contribution in [0.15, 0.2) is 12.1 Å². The number of aliphatic hydroxyl groups excluding tert-OH is 1. The quantitative estimate of drug-likeness (QED) is 0.860. The molecule has 0 saturated heterocycles. The van der Waals surface area contributed by atoms with Gasteiger partial charge >= 0.3 is 0 Å². The molecule has 1 aromatic rings. The van der Waals surface area contributed by atoms with Crippen LogP contribution in [0.4, 0.5) is 0 Å². The summed E-state index contributed by atoms with van der Waals surface area (Å²) in [6.07, 6.45) is 7.08. The lowest BCUT2D eigenvalue weighted by Gasteiger charge is -2.42. The molecule has 1 aromatic carbocycles. The molecular weight excluding hydrogens is 272 g/mol. The van der Waals surface area contributed by atoms with Gasteiger partial charge in [0.25, 0.3) is 0 Å². The third-order valence-electron chi connectivity index (χ3n) is 6.86. The maximum Gasteiger partial charge on any atom is 0.133 e. The molecule has 0 aromatic heterocycles. The molecule has 4 unspecified atom stereocenters. The first-order valence-corrected chi connectivity index (χ1v) is 8.82. The van der Waals surface area contributed by atoms with Gasteiger partial charge in [0.15, 0.2) is 0 Å². The van der Waals surface area contributed by atoms with Crippen molar-refractivity contribution >= 4 is 5.78 Å². The van der Waals surface area contributed by atoms with Crippen LogP contribution in [0, 0.1) is 11.3 Å². The van der Waals surface area contributed by atoms with Crippen molar-refractivity contribution in [3.63, 3.8) is 0 Å². The van der Waals surface area contributed by atoms with Gasteiger partial charge in [-0.15, -0.1) is 0 Å². The van der Waals surface area contributed by atoms with Crippen molar-refractivity contribution in [1.82, 2.24) is 0 Å². The Labute approximate surface area is 132 Å². The molecule has 2 heteroatoms. The summed E-state index contributed by atoms with van der Waals surface area (Å²) in [5.41, 5.74) is 6.14. The Balaban J connectivity index is 1.77. The third kappa shape index (κ3) is 1.93. The van der Waals surface area contributed by atoms with E-state index in [1.165, 1.54) is 16.7 Å². The summed E-state index contributed by atoms with van der Waals surface area (Å²) in [5, 5.41) is 9.91. The molecule has 2 nitrogen and oxygen atoms in total. The Morgan fingerprint density at radius 3 is 2.77 bits per heavy atom. The zero-order valence-corrected chi connectivity index (χ0v) is 13.7. The summed E-state index contributed by atoms with van der Waals surface area (Å²) in [4.78, 5) is 12.1. The SMILES string of the molecule is CC(=O)C1CCC2c3ccc4c(c3CCC12C)CCC(O)C4. The van der Waals surface area contributed by atoms with Gasteiger partial charge in [-0.2, -0.15) is 0 Å². The van der Waals surface area contributed by atoms with Gasteiger partial charge in [-0.05, 0) is 85.5 Å². The van der Waals surface area contributed by atoms with Crippen molar-refractivity contribution in [3.05, 3.63) is 34.4 Å². The fourth-order valence-corrected chi connectivity index (χ4v) is 5.71. The van der Waals surface area contributed by atoms with Gasteiger partial charge < -0.3 is 5.11 Å². The van der Waals surface area contributed by atoms with Gasteiger partial charge in [-0.25, -0.2) is 0 Å². The van der Waals surface area contributed by atoms with Gasteiger partial charge in [-0.3, -0.25) is 4.79 Å². The Kier molecular flexibility index (Phi) is 3.23. The van der Waals surface area contributed by atoms with Gasteiger partial charge in [0.2, 0.25) is 0 Å². The van der Waals surface area contributed by atoms with Crippen LogP contribution in [0.2, 0.25) is 0 Å². The molecule has 1 N–H and O–H groups in total. The van der Waals surface area contributed by atoms with E-state index in [1.807, 2.05) is 0 Å². The van der Waals surface area contributed by atoms with E-state index in [4.69, 9.17) is 0 Å². The summed E-state index contributed by atoms with van der Waals surface area (Å²) in [6.45, 7) is 4.13. The van der Waals surface area contributed by atoms with Crippen LogP contribution in [0.25, 0.3) is 0 Å². The molecule has 0 amide bonds. The van der Waals surface area contributed by atoms with Gasteiger partial charge in [0.1, 0.15) is 5.78 Å². The first-order valence-electron chi connectivity index (χ1n) is 8.82. The van der Waals surface area contributed by atoms with Crippen molar-refractivity contribution in [2.75, 3.05) is 0 Å². The standard InChI is InChI=1S/C20H26O2/c1-12(21)18-7-8-19-17-5-3-13-11-14(22)4-6-15(13)16(17)9-10-20(18,19)2/h3,5,14,18-19,22H,4,6-11H2,1-2H3. The monoisotopic (exact) mass is 298 g/mol. The maximum atomic E-state index is 12.1. The molecule has 1 saturated carbocycles. The van der Waals surface area contributed by atoms with Crippen LogP contribution in [0.5, 0.6) is 0 Å². The number of carbonyl (C=O) groups is 1. The lowest BCUT2D eigenvalue weighted by atomic mass is 9.61. The second-order valence-corrected chi connectivity index (χ2v) is 7.97. The van der Waals surface area contributed by atoms with Crippen LogP contribution in [-0.4, -0.2) is 17.0 Å². The number of Topliss-reactive ketones (excluding diaryl/α,β-unsaturated/α-hetero) is 1. The molecule has 3 aliphatic rings. The average molecular weight is 298 g/mol. The number of rotatable bonds is 1. The second-order valence-electron chi connectivity index (χ2n) is 7.97. The lowest BCUT2D eigenvalue weighted by molar-refractivity contribution is -0.124. The van der Waals surface area contributed by atoms with Gasteiger partial charge in [-0.1, -0.05) is 19.1 Å². The minimum absolute atomic E-state index is 0.159. The minimum atomic E-state index is -0.159. The zero-order valence-electron chi connectivity index (χ0n) is 13.7. The molecular formula is C20H26O2. The maximum absolute atomic E-state index is 12.1. The summed E-state index contributed by atoms with van der Waals surface area (Å²) >= 11 is 0. The predicted octanol–water partition coefficient (Wildman–Crippen LogP) is 3.57. The van der Waals surface area contributed by atoms with Gasteiger partial charge in [0, 0.05) is 5.92 Å². The number of hydrogen-bond acceptors (Lipinski definition) is 2. The fourth-order valence-electron chi connectivity index (χ4n) is 5.71. The van der Waals surface area contributed by atoms with Crippen LogP contribution >= 0.6 is 0 Å². The molecule has 0 radical (unpaired) electrons. The van der Waals surface area contributed by atoms with E-state index in [2.05, 4.69) is 19.1 Å². The fraction of sp³-hybridized carbons (Fsp3) is 0.650. The number of carbonyl (C=O) groups excluding carboxylic acids is 1. The topological polar surface area (TPSA) is 37.3 Å². The third-order valence-corrected chi connectivity index (χ3v) is 6.86. The molecule has 0 heterocycles. The number of benzene rings is 1. The lowest BCUT2D eigenvalue weighted by Crippen LogP contribution is -2.36. The van der Waals surface area contributed by atoms with Crippen molar-refractivity contribution in [3.8, 4) is 0 Å². The largest absolute Gasteiger partial charge is 0.393 e. The highest BCUT2D eigenvalue weighted by Crippen LogP contribution is 2.59. The highest BCUT2D eigenvalue weighted by atomic mass is 16.3. The molecule has 4 rings (SSSR count). The van der Waals surface area contributed by atoms with E-state index in [9.17, 15) is 9.90 Å². The first-order chi connectivity index (χ1) is 10.5. The Bertz CT molecular complexity index is 633. The summed E-state index contributed by atoms with van der Waals surface area (Å²) in [7, 11) is 0. The van der Waals surface area contributed by atoms with Crippen LogP contribution < -0.4 is 0 Å². The van der Waals surface area contributed by atoms with Crippen molar-refractivity contribution in [1.29, 1.82) is 0 Å². The highest BCUT2D eigenvalue weighted by Gasteiger charge is 2.51.